The molecule has 2 aromatic carbocycles. The summed E-state index contributed by atoms with van der Waals surface area (Å²) in [5.74, 6) is -0.0147. The highest BCUT2D eigenvalue weighted by molar-refractivity contribution is 5.92. The average molecular weight is 389 g/mol. The molecule has 0 unspecified atom stereocenters. The summed E-state index contributed by atoms with van der Waals surface area (Å²) < 4.78 is 0. The van der Waals surface area contributed by atoms with Gasteiger partial charge >= 0.3 is 0 Å². The fourth-order valence-corrected chi connectivity index (χ4v) is 2.87. The van der Waals surface area contributed by atoms with Crippen molar-refractivity contribution in [3.63, 3.8) is 0 Å². The molecule has 0 aliphatic rings. The first-order valence-corrected chi connectivity index (χ1v) is 9.20. The number of anilines is 3. The van der Waals surface area contributed by atoms with Crippen molar-refractivity contribution in [3.05, 3.63) is 77.6 Å². The lowest BCUT2D eigenvalue weighted by molar-refractivity contribution is -0.114. The van der Waals surface area contributed by atoms with Crippen molar-refractivity contribution in [1.82, 2.24) is 14.9 Å². The molecule has 1 aromatic heterocycles. The third-order valence-electron chi connectivity index (χ3n) is 4.12. The van der Waals surface area contributed by atoms with Crippen molar-refractivity contribution in [2.45, 2.75) is 20.4 Å². The number of nitrogens with one attached hydrogen (secondary N) is 2. The molecular weight excluding hydrogens is 366 g/mol. The maximum absolute atomic E-state index is 12.8. The monoisotopic (exact) mass is 389 g/mol. The predicted molar refractivity (Wildman–Crippen MR) is 113 cm³/mol. The molecule has 0 saturated carbocycles. The Labute approximate surface area is 169 Å². The van der Waals surface area contributed by atoms with Crippen LogP contribution in [0, 0.1) is 6.92 Å². The van der Waals surface area contributed by atoms with Crippen molar-refractivity contribution < 1.29 is 9.59 Å². The second-order valence-corrected chi connectivity index (χ2v) is 6.75. The Morgan fingerprint density at radius 1 is 0.966 bits per heavy atom. The van der Waals surface area contributed by atoms with Crippen LogP contribution in [-0.4, -0.2) is 33.7 Å². The van der Waals surface area contributed by atoms with E-state index in [0.29, 0.717) is 35.3 Å². The molecule has 0 bridgehead atoms. The molecule has 1 heterocycles. The van der Waals surface area contributed by atoms with Crippen LogP contribution in [0.4, 0.5) is 17.3 Å². The summed E-state index contributed by atoms with van der Waals surface area (Å²) in [6.07, 6.45) is 0. The molecule has 0 aliphatic carbocycles. The first-order chi connectivity index (χ1) is 13.9. The molecule has 3 aromatic rings. The molecule has 29 heavy (non-hydrogen) atoms. The van der Waals surface area contributed by atoms with Crippen LogP contribution in [0.3, 0.4) is 0 Å². The van der Waals surface area contributed by atoms with E-state index in [4.69, 9.17) is 0 Å². The highest BCUT2D eigenvalue weighted by Gasteiger charge is 2.16. The van der Waals surface area contributed by atoms with Gasteiger partial charge in [0.25, 0.3) is 5.91 Å². The van der Waals surface area contributed by atoms with E-state index in [1.165, 1.54) is 6.92 Å². The summed E-state index contributed by atoms with van der Waals surface area (Å²) in [6, 6.07) is 18.7. The van der Waals surface area contributed by atoms with E-state index in [0.717, 1.165) is 5.56 Å². The molecule has 2 amide bonds. The number of hydrogen-bond acceptors (Lipinski definition) is 5. The average Bonchev–Trinajstić information content (AvgIpc) is 2.67. The Hall–Kier alpha value is -3.74. The number of carbonyl (C=O) groups is 2. The summed E-state index contributed by atoms with van der Waals surface area (Å²) >= 11 is 0. The quantitative estimate of drug-likeness (QED) is 0.670. The van der Waals surface area contributed by atoms with Crippen LogP contribution in [-0.2, 0) is 11.3 Å². The predicted octanol–water partition coefficient (Wildman–Crippen LogP) is 3.76. The molecule has 3 rings (SSSR count). The van der Waals surface area contributed by atoms with Gasteiger partial charge in [0.1, 0.15) is 5.69 Å². The SMILES string of the molecule is CC(=O)Nc1cccc(Nc2nc(C)cc(C(=O)N(C)Cc3ccccc3)n2)c1. The van der Waals surface area contributed by atoms with E-state index < -0.39 is 0 Å². The Morgan fingerprint density at radius 3 is 2.41 bits per heavy atom. The molecule has 2 N–H and O–H groups in total. The van der Waals surface area contributed by atoms with Gasteiger partial charge in [-0.1, -0.05) is 36.4 Å². The van der Waals surface area contributed by atoms with Gasteiger partial charge in [-0.15, -0.1) is 0 Å². The van der Waals surface area contributed by atoms with Crippen molar-refractivity contribution in [2.24, 2.45) is 0 Å². The van der Waals surface area contributed by atoms with Crippen LogP contribution in [0.5, 0.6) is 0 Å². The van der Waals surface area contributed by atoms with E-state index in [1.54, 1.807) is 30.1 Å². The number of nitrogens with zero attached hydrogens (tertiary/aromatic N) is 3. The molecule has 0 saturated heterocycles. The van der Waals surface area contributed by atoms with Gasteiger partial charge < -0.3 is 15.5 Å². The molecule has 148 valence electrons. The van der Waals surface area contributed by atoms with Crippen molar-refractivity contribution in [1.29, 1.82) is 0 Å². The summed E-state index contributed by atoms with van der Waals surface area (Å²) in [5, 5.41) is 5.83. The number of aryl methyl sites for hydroxylation is 1. The van der Waals surface area contributed by atoms with Crippen LogP contribution in [0.1, 0.15) is 28.7 Å². The van der Waals surface area contributed by atoms with Crippen molar-refractivity contribution >= 4 is 29.1 Å². The van der Waals surface area contributed by atoms with E-state index in [2.05, 4.69) is 20.6 Å². The molecular formula is C22H23N5O2. The molecule has 0 atom stereocenters. The van der Waals surface area contributed by atoms with Crippen LogP contribution in [0.25, 0.3) is 0 Å². The molecule has 7 heteroatoms. The third kappa shape index (κ3) is 5.62. The highest BCUT2D eigenvalue weighted by Crippen LogP contribution is 2.19. The van der Waals surface area contributed by atoms with Crippen molar-refractivity contribution in [2.75, 3.05) is 17.7 Å². The maximum atomic E-state index is 12.8. The number of amides is 2. The number of carbonyl (C=O) groups excluding carboxylic acids is 2. The van der Waals surface area contributed by atoms with E-state index in [1.807, 2.05) is 49.4 Å². The molecule has 0 fully saturated rings. The zero-order chi connectivity index (χ0) is 20.8. The zero-order valence-corrected chi connectivity index (χ0v) is 16.6. The van der Waals surface area contributed by atoms with Gasteiger partial charge in [0, 0.05) is 37.6 Å². The fourth-order valence-electron chi connectivity index (χ4n) is 2.87. The largest absolute Gasteiger partial charge is 0.336 e. The summed E-state index contributed by atoms with van der Waals surface area (Å²) in [6.45, 7) is 3.76. The van der Waals surface area contributed by atoms with Gasteiger partial charge in [-0.25, -0.2) is 9.97 Å². The Bertz CT molecular complexity index is 1020. The second-order valence-electron chi connectivity index (χ2n) is 6.75. The van der Waals surface area contributed by atoms with Crippen molar-refractivity contribution in [3.8, 4) is 0 Å². The fraction of sp³-hybridized carbons (Fsp3) is 0.182. The first-order valence-electron chi connectivity index (χ1n) is 9.20. The van der Waals surface area contributed by atoms with Gasteiger partial charge in [0.2, 0.25) is 11.9 Å². The van der Waals surface area contributed by atoms with Gasteiger partial charge in [0.15, 0.2) is 0 Å². The summed E-state index contributed by atoms with van der Waals surface area (Å²) in [7, 11) is 1.75. The molecule has 0 aliphatic heterocycles. The number of rotatable bonds is 6. The number of benzene rings is 2. The molecule has 0 spiro atoms. The summed E-state index contributed by atoms with van der Waals surface area (Å²) in [5.41, 5.74) is 3.41. The first kappa shape index (κ1) is 20.0. The number of hydrogen-bond donors (Lipinski definition) is 2. The van der Waals surface area contributed by atoms with Gasteiger partial charge in [0.05, 0.1) is 0 Å². The lowest BCUT2D eigenvalue weighted by Crippen LogP contribution is -2.27. The Morgan fingerprint density at radius 2 is 1.69 bits per heavy atom. The summed E-state index contributed by atoms with van der Waals surface area (Å²) in [4.78, 5) is 34.5. The minimum Gasteiger partial charge on any atom is -0.336 e. The topological polar surface area (TPSA) is 87.2 Å². The van der Waals surface area contributed by atoms with Crippen LogP contribution in [0.15, 0.2) is 60.7 Å². The van der Waals surface area contributed by atoms with E-state index in [9.17, 15) is 9.59 Å². The molecule has 7 nitrogen and oxygen atoms in total. The smallest absolute Gasteiger partial charge is 0.272 e. The zero-order valence-electron chi connectivity index (χ0n) is 16.6. The van der Waals surface area contributed by atoms with Crippen LogP contribution < -0.4 is 10.6 Å². The highest BCUT2D eigenvalue weighted by atomic mass is 16.2. The lowest BCUT2D eigenvalue weighted by Gasteiger charge is -2.17. The number of aromatic nitrogens is 2. The van der Waals surface area contributed by atoms with Gasteiger partial charge in [-0.05, 0) is 36.8 Å². The third-order valence-corrected chi connectivity index (χ3v) is 4.12. The van der Waals surface area contributed by atoms with Gasteiger partial charge in [-0.2, -0.15) is 0 Å². The molecule has 0 radical (unpaired) electrons. The van der Waals surface area contributed by atoms with Crippen LogP contribution >= 0.6 is 0 Å². The standard InChI is InChI=1S/C22H23N5O2/c1-15-12-20(21(29)27(3)14-17-8-5-4-6-9-17)26-22(23-15)25-19-11-7-10-18(13-19)24-16(2)28/h4-13H,14H2,1-3H3,(H,24,28)(H,23,25,26). The van der Waals surface area contributed by atoms with Crippen LogP contribution in [0.2, 0.25) is 0 Å². The van der Waals surface area contributed by atoms with Gasteiger partial charge in [-0.3, -0.25) is 9.59 Å². The minimum atomic E-state index is -0.186. The maximum Gasteiger partial charge on any atom is 0.272 e. The Balaban J connectivity index is 1.77. The van der Waals surface area contributed by atoms with E-state index >= 15 is 0 Å². The lowest BCUT2D eigenvalue weighted by atomic mass is 10.2. The minimum absolute atomic E-state index is 0.150. The van der Waals surface area contributed by atoms with E-state index in [-0.39, 0.29) is 11.8 Å². The normalized spacial score (nSPS) is 10.3. The second kappa shape index (κ2) is 8.97. The Kier molecular flexibility index (Phi) is 6.19.